The number of nitrogens with two attached hydrogens (primary N) is 1. The Morgan fingerprint density at radius 2 is 1.96 bits per heavy atom. The van der Waals surface area contributed by atoms with Crippen LogP contribution in [0.3, 0.4) is 0 Å². The van der Waals surface area contributed by atoms with Crippen molar-refractivity contribution in [2.45, 2.75) is 26.8 Å². The van der Waals surface area contributed by atoms with E-state index in [1.807, 2.05) is 26.0 Å². The van der Waals surface area contributed by atoms with Crippen LogP contribution in [0.15, 0.2) is 35.8 Å². The second-order valence-electron chi connectivity index (χ2n) is 5.90. The first kappa shape index (κ1) is 18.7. The molecule has 1 aliphatic rings. The lowest BCUT2D eigenvalue weighted by molar-refractivity contribution is -0.118. The van der Waals surface area contributed by atoms with Gasteiger partial charge in [-0.1, -0.05) is 18.2 Å². The van der Waals surface area contributed by atoms with Gasteiger partial charge >= 0.3 is 6.03 Å². The first-order valence-electron chi connectivity index (χ1n) is 7.66. The molecular formula is C17H21ClN4O3. The van der Waals surface area contributed by atoms with Gasteiger partial charge in [-0.2, -0.15) is 0 Å². The highest BCUT2D eigenvalue weighted by atomic mass is 35.5. The zero-order valence-corrected chi connectivity index (χ0v) is 15.1. The Kier molecular flexibility index (Phi) is 5.58. The van der Waals surface area contributed by atoms with Gasteiger partial charge in [0.2, 0.25) is 0 Å². The average molecular weight is 365 g/mol. The van der Waals surface area contributed by atoms with E-state index in [2.05, 4.69) is 22.5 Å². The molecule has 0 saturated carbocycles. The number of aryl methyl sites for hydroxylation is 2. The maximum Gasteiger partial charge on any atom is 0.323 e. The summed E-state index contributed by atoms with van der Waals surface area (Å²) in [5.41, 5.74) is 7.86. The number of ether oxygens (including phenoxy) is 1. The summed E-state index contributed by atoms with van der Waals surface area (Å²) in [5, 5.41) is 8.14. The number of rotatable bonds is 5. The fraction of sp³-hybridized carbons (Fsp3) is 0.294. The fourth-order valence-electron chi connectivity index (χ4n) is 2.42. The van der Waals surface area contributed by atoms with Crippen molar-refractivity contribution in [3.8, 4) is 5.75 Å². The van der Waals surface area contributed by atoms with Gasteiger partial charge in [0.1, 0.15) is 18.1 Å². The Morgan fingerprint density at radius 1 is 1.36 bits per heavy atom. The largest absolute Gasteiger partial charge is 0.491 e. The second kappa shape index (κ2) is 7.48. The summed E-state index contributed by atoms with van der Waals surface area (Å²) < 4.78 is 5.80. The van der Waals surface area contributed by atoms with Gasteiger partial charge in [0.05, 0.1) is 17.4 Å². The van der Waals surface area contributed by atoms with Gasteiger partial charge in [0.15, 0.2) is 0 Å². The van der Waals surface area contributed by atoms with Crippen LogP contribution in [0.1, 0.15) is 18.1 Å². The topological polar surface area (TPSA) is 105 Å². The van der Waals surface area contributed by atoms with Crippen molar-refractivity contribution in [2.75, 3.05) is 6.61 Å². The highest BCUT2D eigenvalue weighted by Gasteiger charge is 2.24. The van der Waals surface area contributed by atoms with E-state index in [4.69, 9.17) is 22.1 Å². The molecule has 7 nitrogen and oxygen atoms in total. The number of carbonyl (C=O) groups is 2. The summed E-state index contributed by atoms with van der Waals surface area (Å²) in [6, 6.07) is 2.76. The molecule has 0 saturated heterocycles. The molecule has 0 unspecified atom stereocenters. The number of amides is 3. The number of halogens is 1. The molecule has 1 aromatic rings. The first-order chi connectivity index (χ1) is 11.7. The minimum atomic E-state index is -0.555. The van der Waals surface area contributed by atoms with Crippen LogP contribution in [0.5, 0.6) is 5.75 Å². The molecule has 134 valence electrons. The van der Waals surface area contributed by atoms with Crippen molar-refractivity contribution in [2.24, 2.45) is 5.73 Å². The van der Waals surface area contributed by atoms with Gasteiger partial charge < -0.3 is 26.4 Å². The summed E-state index contributed by atoms with van der Waals surface area (Å²) in [5.74, 6) is 0.224. The van der Waals surface area contributed by atoms with Gasteiger partial charge in [0, 0.05) is 5.02 Å². The summed E-state index contributed by atoms with van der Waals surface area (Å²) in [7, 11) is 0. The van der Waals surface area contributed by atoms with Crippen LogP contribution >= 0.6 is 11.6 Å². The monoisotopic (exact) mass is 364 g/mol. The van der Waals surface area contributed by atoms with Crippen LogP contribution in [0.4, 0.5) is 4.79 Å². The predicted octanol–water partition coefficient (Wildman–Crippen LogP) is 1.84. The van der Waals surface area contributed by atoms with Gasteiger partial charge in [0.25, 0.3) is 5.91 Å². The lowest BCUT2D eigenvalue weighted by Gasteiger charge is -2.23. The van der Waals surface area contributed by atoms with Crippen LogP contribution < -0.4 is 26.4 Å². The maximum atomic E-state index is 12.3. The third-order valence-corrected chi connectivity index (χ3v) is 3.82. The zero-order valence-electron chi connectivity index (χ0n) is 14.3. The SMILES string of the molecule is C=C1NC(=O)NC(C(=O)N[C@H](C)COc2c(C)cc(Cl)cc2C)=C1N. The molecule has 0 radical (unpaired) electrons. The number of hydrogen-bond donors (Lipinski definition) is 4. The van der Waals surface area contributed by atoms with E-state index in [0.29, 0.717) is 5.02 Å². The van der Waals surface area contributed by atoms with Gasteiger partial charge in [-0.3, -0.25) is 4.79 Å². The van der Waals surface area contributed by atoms with Crippen molar-refractivity contribution in [3.05, 3.63) is 52.0 Å². The number of carbonyl (C=O) groups excluding carboxylic acids is 2. The number of benzene rings is 1. The van der Waals surface area contributed by atoms with Gasteiger partial charge in [-0.25, -0.2) is 4.79 Å². The Labute approximate surface area is 151 Å². The molecule has 1 atom stereocenters. The fourth-order valence-corrected chi connectivity index (χ4v) is 2.74. The lowest BCUT2D eigenvalue weighted by Crippen LogP contribution is -2.49. The van der Waals surface area contributed by atoms with E-state index in [1.165, 1.54) is 0 Å². The van der Waals surface area contributed by atoms with Crippen LogP contribution in [-0.2, 0) is 4.79 Å². The molecule has 0 fully saturated rings. The van der Waals surface area contributed by atoms with Crippen molar-refractivity contribution >= 4 is 23.5 Å². The van der Waals surface area contributed by atoms with Gasteiger partial charge in [-0.15, -0.1) is 0 Å². The lowest BCUT2D eigenvalue weighted by atomic mass is 10.1. The molecule has 5 N–H and O–H groups in total. The molecule has 0 bridgehead atoms. The third-order valence-electron chi connectivity index (χ3n) is 3.60. The number of hydrogen-bond acceptors (Lipinski definition) is 4. The standard InChI is InChI=1S/C17H21ClN4O3/c1-8-5-12(18)6-9(2)15(8)25-7-10(3)20-16(23)14-13(19)11(4)21-17(24)22-14/h5-6,10H,4,7,19H2,1-3H3,(H,20,23)(H2,21,22,24)/t10-/m1/s1. The minimum Gasteiger partial charge on any atom is -0.491 e. The summed E-state index contributed by atoms with van der Waals surface area (Å²) in [4.78, 5) is 23.7. The zero-order chi connectivity index (χ0) is 18.7. The average Bonchev–Trinajstić information content (AvgIpc) is 2.49. The van der Waals surface area contributed by atoms with Crippen LogP contribution in [0, 0.1) is 13.8 Å². The summed E-state index contributed by atoms with van der Waals surface area (Å²) in [6.45, 7) is 9.42. The van der Waals surface area contributed by atoms with E-state index in [0.717, 1.165) is 16.9 Å². The van der Waals surface area contributed by atoms with Crippen molar-refractivity contribution < 1.29 is 14.3 Å². The van der Waals surface area contributed by atoms with E-state index in [-0.39, 0.29) is 29.7 Å². The molecule has 1 aromatic carbocycles. The molecule has 2 rings (SSSR count). The normalized spacial score (nSPS) is 15.4. The summed E-state index contributed by atoms with van der Waals surface area (Å²) in [6.07, 6.45) is 0. The Bertz CT molecular complexity index is 750. The first-order valence-corrected chi connectivity index (χ1v) is 8.04. The van der Waals surface area contributed by atoms with Crippen LogP contribution in [0.2, 0.25) is 5.02 Å². The molecule has 8 heteroatoms. The maximum absolute atomic E-state index is 12.3. The number of nitrogens with one attached hydrogen (secondary N) is 3. The van der Waals surface area contributed by atoms with Crippen molar-refractivity contribution in [1.82, 2.24) is 16.0 Å². The Morgan fingerprint density at radius 3 is 2.56 bits per heavy atom. The molecule has 1 aliphatic heterocycles. The molecule has 0 aliphatic carbocycles. The molecule has 0 spiro atoms. The van der Waals surface area contributed by atoms with E-state index in [1.54, 1.807) is 6.92 Å². The Balaban J connectivity index is 2.00. The minimum absolute atomic E-state index is 0.0283. The van der Waals surface area contributed by atoms with Crippen LogP contribution in [0.25, 0.3) is 0 Å². The summed E-state index contributed by atoms with van der Waals surface area (Å²) >= 11 is 6.00. The highest BCUT2D eigenvalue weighted by molar-refractivity contribution is 6.30. The van der Waals surface area contributed by atoms with Gasteiger partial charge in [-0.05, 0) is 44.0 Å². The van der Waals surface area contributed by atoms with Crippen LogP contribution in [-0.4, -0.2) is 24.6 Å². The molecular weight excluding hydrogens is 344 g/mol. The molecule has 1 heterocycles. The third kappa shape index (κ3) is 4.45. The van der Waals surface area contributed by atoms with E-state index in [9.17, 15) is 9.59 Å². The Hall–Kier alpha value is -2.67. The molecule has 25 heavy (non-hydrogen) atoms. The number of urea groups is 1. The highest BCUT2D eigenvalue weighted by Crippen LogP contribution is 2.27. The van der Waals surface area contributed by atoms with E-state index < -0.39 is 11.9 Å². The van der Waals surface area contributed by atoms with Crippen molar-refractivity contribution in [1.29, 1.82) is 0 Å². The smallest absolute Gasteiger partial charge is 0.323 e. The van der Waals surface area contributed by atoms with E-state index >= 15 is 0 Å². The quantitative estimate of drug-likeness (QED) is 0.639. The molecule has 0 aromatic heterocycles. The second-order valence-corrected chi connectivity index (χ2v) is 6.34. The molecule has 3 amide bonds. The predicted molar refractivity (Wildman–Crippen MR) is 96.0 cm³/mol. The van der Waals surface area contributed by atoms with Crippen molar-refractivity contribution in [3.63, 3.8) is 0 Å².